The Morgan fingerprint density at radius 1 is 1.16 bits per heavy atom. The summed E-state index contributed by atoms with van der Waals surface area (Å²) in [5, 5.41) is 11.8. The first-order chi connectivity index (χ1) is 11.9. The van der Waals surface area contributed by atoms with Gasteiger partial charge in [0, 0.05) is 12.0 Å². The van der Waals surface area contributed by atoms with Crippen molar-refractivity contribution in [3.05, 3.63) is 0 Å². The van der Waals surface area contributed by atoms with Gasteiger partial charge in [0.15, 0.2) is 0 Å². The second-order valence-electron chi connectivity index (χ2n) is 8.02. The van der Waals surface area contributed by atoms with Crippen molar-refractivity contribution in [1.82, 2.24) is 5.06 Å². The van der Waals surface area contributed by atoms with E-state index in [1.54, 1.807) is 0 Å². The molecule has 0 aromatic carbocycles. The molecule has 2 saturated carbocycles. The maximum absolute atomic E-state index is 11.5. The molecule has 0 amide bonds. The Kier molecular flexibility index (Phi) is 6.04. The Morgan fingerprint density at radius 3 is 2.52 bits per heavy atom. The lowest BCUT2D eigenvalue weighted by atomic mass is 9.70. The fourth-order valence-electron chi connectivity index (χ4n) is 4.91. The van der Waals surface area contributed by atoms with Gasteiger partial charge in [0.25, 0.3) is 10.1 Å². The highest BCUT2D eigenvalue weighted by atomic mass is 32.2. The molecule has 0 spiro atoms. The van der Waals surface area contributed by atoms with E-state index in [4.69, 9.17) is 9.02 Å². The maximum Gasteiger partial charge on any atom is 0.264 e. The van der Waals surface area contributed by atoms with Crippen molar-refractivity contribution in [1.29, 1.82) is 5.26 Å². The molecule has 0 bridgehead atoms. The topological polar surface area (TPSA) is 79.6 Å². The summed E-state index contributed by atoms with van der Waals surface area (Å²) in [5.41, 5.74) is 0. The van der Waals surface area contributed by atoms with E-state index in [9.17, 15) is 13.7 Å². The van der Waals surface area contributed by atoms with Crippen LogP contribution in [-0.4, -0.2) is 44.5 Å². The third-order valence-corrected chi connectivity index (χ3v) is 6.76. The molecule has 1 aliphatic heterocycles. The molecule has 25 heavy (non-hydrogen) atoms. The second-order valence-corrected chi connectivity index (χ2v) is 9.66. The number of hydrogen-bond acceptors (Lipinski definition) is 6. The summed E-state index contributed by atoms with van der Waals surface area (Å²) in [4.78, 5) is 6.41. The van der Waals surface area contributed by atoms with Crippen molar-refractivity contribution in [3.63, 3.8) is 0 Å². The largest absolute Gasteiger partial charge is 0.294 e. The molecule has 3 rings (SSSR count). The predicted molar refractivity (Wildman–Crippen MR) is 93.8 cm³/mol. The van der Waals surface area contributed by atoms with E-state index in [2.05, 4.69) is 13.0 Å². The first kappa shape index (κ1) is 19.1. The molecule has 0 aromatic heterocycles. The van der Waals surface area contributed by atoms with Gasteiger partial charge in [-0.15, -0.1) is 0 Å². The quantitative estimate of drug-likeness (QED) is 0.708. The minimum absolute atomic E-state index is 0.0634. The van der Waals surface area contributed by atoms with Gasteiger partial charge < -0.3 is 0 Å². The van der Waals surface area contributed by atoms with Crippen LogP contribution in [0.25, 0.3) is 0 Å². The number of rotatable bonds is 4. The minimum Gasteiger partial charge on any atom is -0.294 e. The summed E-state index contributed by atoms with van der Waals surface area (Å²) in [6.45, 7) is 2.29. The van der Waals surface area contributed by atoms with Crippen LogP contribution in [0.1, 0.15) is 58.3 Å². The van der Waals surface area contributed by atoms with E-state index < -0.39 is 16.2 Å². The average molecular weight is 371 g/mol. The van der Waals surface area contributed by atoms with E-state index in [-0.39, 0.29) is 30.6 Å². The highest BCUT2D eigenvalue weighted by Gasteiger charge is 2.50. The van der Waals surface area contributed by atoms with Gasteiger partial charge in [0.05, 0.1) is 25.0 Å². The zero-order valence-corrected chi connectivity index (χ0v) is 16.1. The standard InChI is InChI=1S/C18H30N2O4S/c1-13-7-6-10-15-16(12-23-25(2,21)22)17(11-19)20(24-18(13)15)14-8-4-3-5-9-14/h13-18H,3-10,12H2,1-2H3/t13-,15?,16?,17?,18?/m0/s1. The molecule has 0 N–H and O–H groups in total. The molecule has 2 aliphatic carbocycles. The second kappa shape index (κ2) is 7.91. The van der Waals surface area contributed by atoms with Crippen molar-refractivity contribution >= 4 is 10.1 Å². The lowest BCUT2D eigenvalue weighted by Crippen LogP contribution is -2.60. The summed E-state index contributed by atoms with van der Waals surface area (Å²) in [7, 11) is -3.52. The number of nitrogens with zero attached hydrogens (tertiary/aromatic N) is 2. The van der Waals surface area contributed by atoms with Crippen LogP contribution in [0, 0.1) is 29.1 Å². The number of hydrogen-bond donors (Lipinski definition) is 0. The van der Waals surface area contributed by atoms with E-state index in [1.807, 2.05) is 5.06 Å². The van der Waals surface area contributed by atoms with Crippen molar-refractivity contribution in [2.45, 2.75) is 76.5 Å². The zero-order chi connectivity index (χ0) is 18.0. The molecular formula is C18H30N2O4S. The summed E-state index contributed by atoms with van der Waals surface area (Å²) in [5.74, 6) is 0.489. The highest BCUT2D eigenvalue weighted by Crippen LogP contribution is 2.44. The molecule has 3 aliphatic rings. The highest BCUT2D eigenvalue weighted by molar-refractivity contribution is 7.85. The number of hydroxylamine groups is 2. The van der Waals surface area contributed by atoms with Gasteiger partial charge in [-0.2, -0.15) is 18.7 Å². The van der Waals surface area contributed by atoms with Crippen molar-refractivity contribution in [3.8, 4) is 6.07 Å². The maximum atomic E-state index is 11.5. The lowest BCUT2D eigenvalue weighted by molar-refractivity contribution is -0.313. The predicted octanol–water partition coefficient (Wildman–Crippen LogP) is 2.86. The fourth-order valence-corrected chi connectivity index (χ4v) is 5.32. The van der Waals surface area contributed by atoms with Gasteiger partial charge in [-0.1, -0.05) is 32.6 Å². The molecule has 142 valence electrons. The molecule has 7 heteroatoms. The van der Waals surface area contributed by atoms with Crippen molar-refractivity contribution in [2.24, 2.45) is 17.8 Å². The lowest BCUT2D eigenvalue weighted by Gasteiger charge is -2.52. The Bertz CT molecular complexity index is 597. The van der Waals surface area contributed by atoms with Crippen LogP contribution in [0.15, 0.2) is 0 Å². The van der Waals surface area contributed by atoms with Gasteiger partial charge >= 0.3 is 0 Å². The van der Waals surface area contributed by atoms with Crippen LogP contribution in [0.4, 0.5) is 0 Å². The summed E-state index contributed by atoms with van der Waals surface area (Å²) in [6, 6.07) is 2.24. The van der Waals surface area contributed by atoms with Gasteiger partial charge in [-0.05, 0) is 37.5 Å². The summed E-state index contributed by atoms with van der Waals surface area (Å²) < 4.78 is 28.2. The van der Waals surface area contributed by atoms with Crippen LogP contribution in [0.5, 0.6) is 0 Å². The van der Waals surface area contributed by atoms with Crippen molar-refractivity contribution in [2.75, 3.05) is 12.9 Å². The zero-order valence-electron chi connectivity index (χ0n) is 15.3. The van der Waals surface area contributed by atoms with E-state index in [0.29, 0.717) is 5.92 Å². The number of fused-ring (bicyclic) bond motifs is 1. The summed E-state index contributed by atoms with van der Waals surface area (Å²) in [6.07, 6.45) is 10.00. The van der Waals surface area contributed by atoms with Crippen molar-refractivity contribution < 1.29 is 17.4 Å². The molecule has 3 fully saturated rings. The molecule has 6 nitrogen and oxygen atoms in total. The van der Waals surface area contributed by atoms with Crippen LogP contribution in [-0.2, 0) is 19.1 Å². The minimum atomic E-state index is -3.52. The molecular weight excluding hydrogens is 340 g/mol. The third-order valence-electron chi connectivity index (χ3n) is 6.19. The molecule has 1 saturated heterocycles. The Morgan fingerprint density at radius 2 is 1.88 bits per heavy atom. The Labute approximate surface area is 151 Å². The van der Waals surface area contributed by atoms with Gasteiger partial charge in [-0.3, -0.25) is 9.02 Å². The van der Waals surface area contributed by atoms with Crippen LogP contribution in [0.3, 0.4) is 0 Å². The molecule has 1 heterocycles. The Hall–Kier alpha value is -0.680. The average Bonchev–Trinajstić information content (AvgIpc) is 2.59. The van der Waals surface area contributed by atoms with E-state index >= 15 is 0 Å². The molecule has 0 aromatic rings. The van der Waals surface area contributed by atoms with Gasteiger partial charge in [0.1, 0.15) is 6.04 Å². The van der Waals surface area contributed by atoms with Crippen LogP contribution < -0.4 is 0 Å². The van der Waals surface area contributed by atoms with E-state index in [0.717, 1.165) is 51.2 Å². The Balaban J connectivity index is 1.85. The third kappa shape index (κ3) is 4.36. The molecule has 4 unspecified atom stereocenters. The number of nitriles is 1. The first-order valence-electron chi connectivity index (χ1n) is 9.60. The molecule has 0 radical (unpaired) electrons. The van der Waals surface area contributed by atoms with Crippen LogP contribution in [0.2, 0.25) is 0 Å². The van der Waals surface area contributed by atoms with Crippen LogP contribution >= 0.6 is 0 Å². The summed E-state index contributed by atoms with van der Waals surface area (Å²) >= 11 is 0. The fraction of sp³-hybridized carbons (Fsp3) is 0.944. The van der Waals surface area contributed by atoms with Gasteiger partial charge in [0.2, 0.25) is 0 Å². The van der Waals surface area contributed by atoms with E-state index in [1.165, 1.54) is 6.42 Å². The first-order valence-corrected chi connectivity index (χ1v) is 11.4. The van der Waals surface area contributed by atoms with Gasteiger partial charge in [-0.25, -0.2) is 0 Å². The molecule has 5 atom stereocenters. The normalized spacial score (nSPS) is 38.0. The SMILES string of the molecule is C[C@H]1CCCC2C(COS(C)(=O)=O)C(C#N)N(C3CCCCC3)OC21. The monoisotopic (exact) mass is 370 g/mol. The smallest absolute Gasteiger partial charge is 0.264 e.